The van der Waals surface area contributed by atoms with Crippen LogP contribution in [-0.2, 0) is 11.2 Å². The summed E-state index contributed by atoms with van der Waals surface area (Å²) in [7, 11) is 2.03. The minimum absolute atomic E-state index is 0. The van der Waals surface area contributed by atoms with E-state index >= 15 is 0 Å². The van der Waals surface area contributed by atoms with Crippen molar-refractivity contribution in [2.75, 3.05) is 33.2 Å². The molecule has 1 aliphatic heterocycles. The molecule has 1 aliphatic rings. The van der Waals surface area contributed by atoms with Gasteiger partial charge in [-0.2, -0.15) is 0 Å². The van der Waals surface area contributed by atoms with Crippen molar-refractivity contribution in [2.45, 2.75) is 25.3 Å². The molecule has 2 heterocycles. The van der Waals surface area contributed by atoms with Crippen molar-refractivity contribution >= 4 is 30.7 Å². The van der Waals surface area contributed by atoms with E-state index < -0.39 is 0 Å². The highest BCUT2D eigenvalue weighted by molar-refractivity contribution is 5.85. The summed E-state index contributed by atoms with van der Waals surface area (Å²) in [5, 5.41) is 6.27. The minimum Gasteiger partial charge on any atom is -0.469 e. The van der Waals surface area contributed by atoms with Crippen LogP contribution in [-0.4, -0.2) is 50.1 Å². The second-order valence-corrected chi connectivity index (χ2v) is 5.08. The smallest absolute Gasteiger partial charge is 0.234 e. The highest BCUT2D eigenvalue weighted by atomic mass is 35.5. The van der Waals surface area contributed by atoms with Crippen LogP contribution < -0.4 is 10.6 Å². The molecule has 0 saturated carbocycles. The molecule has 0 atom stereocenters. The molecule has 1 amide bonds. The number of hydrogen-bond donors (Lipinski definition) is 2. The third-order valence-electron chi connectivity index (χ3n) is 3.60. The van der Waals surface area contributed by atoms with E-state index in [1.807, 2.05) is 19.2 Å². The molecule has 0 aromatic carbocycles. The minimum atomic E-state index is 0. The monoisotopic (exact) mass is 337 g/mol. The largest absolute Gasteiger partial charge is 0.469 e. The fraction of sp³-hybridized carbons (Fsp3) is 0.643. The van der Waals surface area contributed by atoms with E-state index in [0.717, 1.165) is 38.1 Å². The predicted octanol–water partition coefficient (Wildman–Crippen LogP) is 1.47. The van der Waals surface area contributed by atoms with E-state index in [4.69, 9.17) is 4.42 Å². The van der Waals surface area contributed by atoms with Crippen LogP contribution >= 0.6 is 24.8 Å². The maximum atomic E-state index is 11.8. The van der Waals surface area contributed by atoms with Crippen LogP contribution in [0.25, 0.3) is 0 Å². The highest BCUT2D eigenvalue weighted by Crippen LogP contribution is 2.09. The van der Waals surface area contributed by atoms with Gasteiger partial charge in [-0.05, 0) is 45.1 Å². The number of halogens is 2. The Kier molecular flexibility index (Phi) is 10.5. The van der Waals surface area contributed by atoms with E-state index in [-0.39, 0.29) is 30.7 Å². The number of furan rings is 1. The van der Waals surface area contributed by atoms with Gasteiger partial charge in [-0.25, -0.2) is 0 Å². The Labute approximate surface area is 138 Å². The van der Waals surface area contributed by atoms with Gasteiger partial charge in [0, 0.05) is 19.0 Å². The van der Waals surface area contributed by atoms with E-state index in [1.165, 1.54) is 0 Å². The summed E-state index contributed by atoms with van der Waals surface area (Å²) >= 11 is 0. The first-order chi connectivity index (χ1) is 9.25. The Morgan fingerprint density at radius 2 is 2.14 bits per heavy atom. The molecule has 7 heteroatoms. The van der Waals surface area contributed by atoms with Crippen molar-refractivity contribution in [3.8, 4) is 0 Å². The van der Waals surface area contributed by atoms with Gasteiger partial charge in [-0.3, -0.25) is 9.69 Å². The average Bonchev–Trinajstić information content (AvgIpc) is 2.93. The van der Waals surface area contributed by atoms with Crippen molar-refractivity contribution in [1.82, 2.24) is 15.5 Å². The van der Waals surface area contributed by atoms with Crippen LogP contribution in [0.4, 0.5) is 0 Å². The lowest BCUT2D eigenvalue weighted by Crippen LogP contribution is -2.45. The Morgan fingerprint density at radius 3 is 2.76 bits per heavy atom. The third kappa shape index (κ3) is 7.18. The molecule has 0 aliphatic carbocycles. The molecule has 0 unspecified atom stereocenters. The SMILES string of the molecule is CN(CC(=O)NCCc1ccco1)C1CCNCC1.Cl.Cl. The van der Waals surface area contributed by atoms with Crippen LogP contribution in [0.15, 0.2) is 22.8 Å². The highest BCUT2D eigenvalue weighted by Gasteiger charge is 2.19. The molecule has 2 N–H and O–H groups in total. The van der Waals surface area contributed by atoms with Gasteiger partial charge in [0.05, 0.1) is 12.8 Å². The van der Waals surface area contributed by atoms with Crippen molar-refractivity contribution in [2.24, 2.45) is 0 Å². The normalized spacial score (nSPS) is 15.1. The molecular formula is C14H25Cl2N3O2. The van der Waals surface area contributed by atoms with Crippen LogP contribution in [0.5, 0.6) is 0 Å². The van der Waals surface area contributed by atoms with E-state index in [2.05, 4.69) is 15.5 Å². The van der Waals surface area contributed by atoms with Crippen molar-refractivity contribution in [3.05, 3.63) is 24.2 Å². The second kappa shape index (κ2) is 10.9. The Hall–Kier alpha value is -0.750. The molecule has 2 rings (SSSR count). The molecule has 1 saturated heterocycles. The van der Waals surface area contributed by atoms with E-state index in [1.54, 1.807) is 6.26 Å². The van der Waals surface area contributed by atoms with Crippen LogP contribution in [0.3, 0.4) is 0 Å². The number of amides is 1. The summed E-state index contributed by atoms with van der Waals surface area (Å²) in [4.78, 5) is 14.0. The summed E-state index contributed by atoms with van der Waals surface area (Å²) in [6.45, 7) is 3.21. The first-order valence-corrected chi connectivity index (χ1v) is 6.96. The van der Waals surface area contributed by atoms with Crippen LogP contribution in [0, 0.1) is 0 Å². The van der Waals surface area contributed by atoms with Gasteiger partial charge >= 0.3 is 0 Å². The number of rotatable bonds is 6. The zero-order valence-electron chi connectivity index (χ0n) is 12.3. The van der Waals surface area contributed by atoms with Gasteiger partial charge in [0.15, 0.2) is 0 Å². The zero-order chi connectivity index (χ0) is 13.5. The number of carbonyl (C=O) groups is 1. The standard InChI is InChI=1S/C14H23N3O2.2ClH/c1-17(12-4-7-15-8-5-12)11-14(18)16-9-6-13-3-2-10-19-13;;/h2-3,10,12,15H,4-9,11H2,1H3,(H,16,18);2*1H. The first-order valence-electron chi connectivity index (χ1n) is 6.96. The molecule has 21 heavy (non-hydrogen) atoms. The van der Waals surface area contributed by atoms with Crippen molar-refractivity contribution in [1.29, 1.82) is 0 Å². The van der Waals surface area contributed by atoms with Crippen molar-refractivity contribution in [3.63, 3.8) is 0 Å². The molecule has 1 fully saturated rings. The Morgan fingerprint density at radius 1 is 1.43 bits per heavy atom. The van der Waals surface area contributed by atoms with Gasteiger partial charge in [-0.1, -0.05) is 0 Å². The molecular weight excluding hydrogens is 313 g/mol. The second-order valence-electron chi connectivity index (χ2n) is 5.08. The summed E-state index contributed by atoms with van der Waals surface area (Å²) in [5.41, 5.74) is 0. The lowest BCUT2D eigenvalue weighted by molar-refractivity contribution is -0.122. The Balaban J connectivity index is 0.00000200. The molecule has 0 radical (unpaired) electrons. The number of hydrogen-bond acceptors (Lipinski definition) is 4. The maximum Gasteiger partial charge on any atom is 0.234 e. The topological polar surface area (TPSA) is 57.5 Å². The zero-order valence-corrected chi connectivity index (χ0v) is 14.0. The molecule has 122 valence electrons. The Bertz CT molecular complexity index is 382. The van der Waals surface area contributed by atoms with E-state index in [0.29, 0.717) is 19.1 Å². The fourth-order valence-corrected chi connectivity index (χ4v) is 2.44. The number of carbonyl (C=O) groups excluding carboxylic acids is 1. The van der Waals surface area contributed by atoms with Crippen molar-refractivity contribution < 1.29 is 9.21 Å². The third-order valence-corrected chi connectivity index (χ3v) is 3.60. The lowest BCUT2D eigenvalue weighted by atomic mass is 10.1. The predicted molar refractivity (Wildman–Crippen MR) is 88.4 cm³/mol. The van der Waals surface area contributed by atoms with Crippen LogP contribution in [0.2, 0.25) is 0 Å². The molecule has 1 aromatic heterocycles. The summed E-state index contributed by atoms with van der Waals surface area (Å²) in [6.07, 6.45) is 4.64. The number of nitrogens with zero attached hydrogens (tertiary/aromatic N) is 1. The molecule has 0 bridgehead atoms. The molecule has 1 aromatic rings. The van der Waals surface area contributed by atoms with Gasteiger partial charge in [0.1, 0.15) is 5.76 Å². The molecule has 0 spiro atoms. The van der Waals surface area contributed by atoms with Gasteiger partial charge in [0.2, 0.25) is 5.91 Å². The number of likely N-dealkylation sites (N-methyl/N-ethyl adjacent to an activating group) is 1. The fourth-order valence-electron chi connectivity index (χ4n) is 2.44. The van der Waals surface area contributed by atoms with Gasteiger partial charge in [0.25, 0.3) is 0 Å². The van der Waals surface area contributed by atoms with Crippen LogP contribution in [0.1, 0.15) is 18.6 Å². The average molecular weight is 338 g/mol. The quantitative estimate of drug-likeness (QED) is 0.825. The number of nitrogens with one attached hydrogen (secondary N) is 2. The van der Waals surface area contributed by atoms with Gasteiger partial charge < -0.3 is 15.1 Å². The molecule has 5 nitrogen and oxygen atoms in total. The van der Waals surface area contributed by atoms with Gasteiger partial charge in [-0.15, -0.1) is 24.8 Å². The first kappa shape index (κ1) is 20.2. The summed E-state index contributed by atoms with van der Waals surface area (Å²) in [6, 6.07) is 4.31. The lowest BCUT2D eigenvalue weighted by Gasteiger charge is -2.31. The summed E-state index contributed by atoms with van der Waals surface area (Å²) < 4.78 is 5.22. The number of piperidine rings is 1. The summed E-state index contributed by atoms with van der Waals surface area (Å²) in [5.74, 6) is 1.000. The maximum absolute atomic E-state index is 11.8. The van der Waals surface area contributed by atoms with E-state index in [9.17, 15) is 4.79 Å².